The fourth-order valence-corrected chi connectivity index (χ4v) is 3.57. The molecule has 0 saturated carbocycles. The van der Waals surface area contributed by atoms with Gasteiger partial charge in [0.25, 0.3) is 0 Å². The Bertz CT molecular complexity index is 847. The fourth-order valence-electron chi connectivity index (χ4n) is 2.73. The number of esters is 1. The smallest absolute Gasteiger partial charge is 0.308 e. The molecule has 0 spiro atoms. The molecule has 1 unspecified atom stereocenters. The van der Waals surface area contributed by atoms with Gasteiger partial charge in [0.2, 0.25) is 0 Å². The number of aliphatic imine (C=N–C) groups is 1. The molecule has 2 aromatic carbocycles. The Balaban J connectivity index is 2.11. The number of methoxy groups -OCH3 is 1. The van der Waals surface area contributed by atoms with Crippen LogP contribution in [0, 0.1) is 6.92 Å². The van der Waals surface area contributed by atoms with E-state index in [2.05, 4.69) is 4.98 Å². The quantitative estimate of drug-likeness (QED) is 0.475. The zero-order chi connectivity index (χ0) is 18.4. The molecule has 0 aliphatic heterocycles. The molecule has 132 valence electrons. The van der Waals surface area contributed by atoms with E-state index in [4.69, 9.17) is 9.73 Å². The maximum atomic E-state index is 12.0. The summed E-state index contributed by atoms with van der Waals surface area (Å²) < 4.78 is 4.89. The summed E-state index contributed by atoms with van der Waals surface area (Å²) in [7, 11) is 1.40. The van der Waals surface area contributed by atoms with Crippen LogP contribution in [0.25, 0.3) is 0 Å². The molecule has 0 saturated heterocycles. The summed E-state index contributed by atoms with van der Waals surface area (Å²) in [6.07, 6.45) is 0.183. The Kier molecular flexibility index (Phi) is 5.92. The first-order valence-electron chi connectivity index (χ1n) is 8.34. The number of carbonyl (C=O) groups excluding carboxylic acids is 1. The summed E-state index contributed by atoms with van der Waals surface area (Å²) >= 11 is 1.52. The van der Waals surface area contributed by atoms with Gasteiger partial charge in [-0.3, -0.25) is 9.79 Å². The molecule has 0 aliphatic carbocycles. The first kappa shape index (κ1) is 18.0. The minimum Gasteiger partial charge on any atom is -0.469 e. The number of hydrogen-bond donors (Lipinski definition) is 0. The van der Waals surface area contributed by atoms with Gasteiger partial charge in [-0.25, -0.2) is 4.98 Å². The lowest BCUT2D eigenvalue weighted by molar-refractivity contribution is -0.141. The number of hydrogen-bond acceptors (Lipinski definition) is 5. The van der Waals surface area contributed by atoms with E-state index in [-0.39, 0.29) is 18.4 Å². The first-order valence-corrected chi connectivity index (χ1v) is 9.22. The minimum absolute atomic E-state index is 0.183. The third kappa shape index (κ3) is 4.24. The predicted molar refractivity (Wildman–Crippen MR) is 105 cm³/mol. The monoisotopic (exact) mass is 364 g/mol. The topological polar surface area (TPSA) is 51.5 Å². The second-order valence-corrected chi connectivity index (χ2v) is 6.69. The van der Waals surface area contributed by atoms with Crippen LogP contribution in [-0.4, -0.2) is 23.8 Å². The number of benzene rings is 2. The van der Waals surface area contributed by atoms with Gasteiger partial charge in [-0.15, -0.1) is 11.3 Å². The lowest BCUT2D eigenvalue weighted by Gasteiger charge is -2.15. The number of aryl methyl sites for hydroxylation is 1. The van der Waals surface area contributed by atoms with E-state index in [1.54, 1.807) is 5.51 Å². The lowest BCUT2D eigenvalue weighted by Crippen LogP contribution is -2.11. The molecule has 5 heteroatoms. The van der Waals surface area contributed by atoms with Crippen LogP contribution in [0.1, 0.15) is 34.2 Å². The molecule has 0 aliphatic rings. The third-order valence-electron chi connectivity index (χ3n) is 4.05. The maximum Gasteiger partial charge on any atom is 0.308 e. The second kappa shape index (κ2) is 8.54. The Hall–Kier alpha value is -2.79. The summed E-state index contributed by atoms with van der Waals surface area (Å²) in [6, 6.07) is 19.7. The van der Waals surface area contributed by atoms with Crippen LogP contribution in [0.15, 0.2) is 71.2 Å². The minimum atomic E-state index is -0.328. The average Bonchev–Trinajstić information content (AvgIpc) is 3.12. The molecule has 1 aromatic heterocycles. The number of aromatic nitrogens is 1. The normalized spacial score (nSPS) is 11.6. The summed E-state index contributed by atoms with van der Waals surface area (Å²) in [4.78, 5) is 22.3. The summed E-state index contributed by atoms with van der Waals surface area (Å²) in [6.45, 7) is 1.94. The van der Waals surface area contributed by atoms with Crippen molar-refractivity contribution in [3.63, 3.8) is 0 Å². The van der Waals surface area contributed by atoms with E-state index in [1.807, 2.05) is 67.6 Å². The van der Waals surface area contributed by atoms with E-state index >= 15 is 0 Å². The SMILES string of the molecule is COC(=O)CC(N=C(c1ccccc1)c1ccccc1)c1scnc1C. The fraction of sp³-hybridized carbons (Fsp3) is 0.190. The highest BCUT2D eigenvalue weighted by Gasteiger charge is 2.21. The van der Waals surface area contributed by atoms with Crippen molar-refractivity contribution in [3.8, 4) is 0 Å². The lowest BCUT2D eigenvalue weighted by atomic mass is 10.0. The molecule has 0 bridgehead atoms. The molecular formula is C21H20N2O2S. The highest BCUT2D eigenvalue weighted by molar-refractivity contribution is 7.09. The predicted octanol–water partition coefficient (Wildman–Crippen LogP) is 4.59. The molecule has 0 amide bonds. The van der Waals surface area contributed by atoms with Gasteiger partial charge in [0.15, 0.2) is 0 Å². The summed E-state index contributed by atoms with van der Waals surface area (Å²) in [5.41, 5.74) is 5.56. The second-order valence-electron chi connectivity index (χ2n) is 5.81. The molecule has 0 N–H and O–H groups in total. The van der Waals surface area contributed by atoms with Gasteiger partial charge in [0, 0.05) is 11.1 Å². The van der Waals surface area contributed by atoms with Crippen LogP contribution >= 0.6 is 11.3 Å². The molecule has 4 nitrogen and oxygen atoms in total. The van der Waals surface area contributed by atoms with Gasteiger partial charge in [-0.1, -0.05) is 60.7 Å². The number of rotatable bonds is 6. The van der Waals surface area contributed by atoms with Crippen molar-refractivity contribution >= 4 is 23.0 Å². The van der Waals surface area contributed by atoms with Crippen molar-refractivity contribution < 1.29 is 9.53 Å². The molecule has 1 heterocycles. The molecule has 26 heavy (non-hydrogen) atoms. The van der Waals surface area contributed by atoms with Crippen LogP contribution in [0.4, 0.5) is 0 Å². The van der Waals surface area contributed by atoms with Gasteiger partial charge in [-0.05, 0) is 6.92 Å². The van der Waals surface area contributed by atoms with Crippen molar-refractivity contribution in [2.75, 3.05) is 7.11 Å². The number of ether oxygens (including phenoxy) is 1. The highest BCUT2D eigenvalue weighted by Crippen LogP contribution is 2.30. The zero-order valence-corrected chi connectivity index (χ0v) is 15.6. The van der Waals surface area contributed by atoms with Crippen LogP contribution in [0.3, 0.4) is 0 Å². The van der Waals surface area contributed by atoms with E-state index in [0.29, 0.717) is 0 Å². The molecule has 1 atom stereocenters. The molecule has 0 radical (unpaired) electrons. The van der Waals surface area contributed by atoms with Crippen molar-refractivity contribution in [1.82, 2.24) is 4.98 Å². The van der Waals surface area contributed by atoms with Crippen molar-refractivity contribution in [2.24, 2.45) is 4.99 Å². The van der Waals surface area contributed by atoms with Gasteiger partial charge in [-0.2, -0.15) is 0 Å². The molecule has 0 fully saturated rings. The Labute approximate surface area is 157 Å². The van der Waals surface area contributed by atoms with Crippen LogP contribution in [-0.2, 0) is 9.53 Å². The van der Waals surface area contributed by atoms with Gasteiger partial charge >= 0.3 is 5.97 Å². The Morgan fingerprint density at radius 1 is 1.08 bits per heavy atom. The first-order chi connectivity index (χ1) is 12.7. The summed E-state index contributed by atoms with van der Waals surface area (Å²) in [5, 5.41) is 0. The molecule has 3 aromatic rings. The van der Waals surface area contributed by atoms with Crippen LogP contribution in [0.2, 0.25) is 0 Å². The van der Waals surface area contributed by atoms with E-state index in [9.17, 15) is 4.79 Å². The Morgan fingerprint density at radius 3 is 2.12 bits per heavy atom. The number of thiazole rings is 1. The van der Waals surface area contributed by atoms with Crippen molar-refractivity contribution in [3.05, 3.63) is 87.9 Å². The van der Waals surface area contributed by atoms with Crippen LogP contribution in [0.5, 0.6) is 0 Å². The molecular weight excluding hydrogens is 344 g/mol. The van der Waals surface area contributed by atoms with Crippen molar-refractivity contribution in [1.29, 1.82) is 0 Å². The zero-order valence-electron chi connectivity index (χ0n) is 14.8. The van der Waals surface area contributed by atoms with Gasteiger partial charge in [0.1, 0.15) is 0 Å². The highest BCUT2D eigenvalue weighted by atomic mass is 32.1. The van der Waals surface area contributed by atoms with E-state index in [0.717, 1.165) is 27.4 Å². The standard InChI is InChI=1S/C21H20N2O2S/c1-15-21(26-14-22-15)18(13-19(24)25-2)23-20(16-9-5-3-6-10-16)17-11-7-4-8-12-17/h3-12,14,18H,13H2,1-2H3. The molecule has 3 rings (SSSR count). The average molecular weight is 364 g/mol. The van der Waals surface area contributed by atoms with Gasteiger partial charge in [0.05, 0.1) is 41.4 Å². The van der Waals surface area contributed by atoms with Gasteiger partial charge < -0.3 is 4.74 Å². The maximum absolute atomic E-state index is 12.0. The largest absolute Gasteiger partial charge is 0.469 e. The van der Waals surface area contributed by atoms with Crippen LogP contribution < -0.4 is 0 Å². The van der Waals surface area contributed by atoms with E-state index < -0.39 is 0 Å². The number of nitrogens with zero attached hydrogens (tertiary/aromatic N) is 2. The van der Waals surface area contributed by atoms with E-state index in [1.165, 1.54) is 18.4 Å². The summed E-state index contributed by atoms with van der Waals surface area (Å²) in [5.74, 6) is -0.285. The number of carbonyl (C=O) groups is 1. The van der Waals surface area contributed by atoms with Crippen molar-refractivity contribution in [2.45, 2.75) is 19.4 Å². The Morgan fingerprint density at radius 2 is 1.65 bits per heavy atom. The third-order valence-corrected chi connectivity index (χ3v) is 5.08.